The first-order valence-corrected chi connectivity index (χ1v) is 7.33. The van der Waals surface area contributed by atoms with E-state index in [4.69, 9.17) is 0 Å². The summed E-state index contributed by atoms with van der Waals surface area (Å²) in [6.45, 7) is 2.01. The highest BCUT2D eigenvalue weighted by atomic mass is 79.9. The second-order valence-electron chi connectivity index (χ2n) is 4.26. The van der Waals surface area contributed by atoms with E-state index in [1.807, 2.05) is 19.2 Å². The van der Waals surface area contributed by atoms with Gasteiger partial charge in [-0.15, -0.1) is 0 Å². The van der Waals surface area contributed by atoms with Crippen LogP contribution >= 0.6 is 27.7 Å². The van der Waals surface area contributed by atoms with Gasteiger partial charge in [0.1, 0.15) is 0 Å². The van der Waals surface area contributed by atoms with Gasteiger partial charge in [0.25, 0.3) is 0 Å². The van der Waals surface area contributed by atoms with Gasteiger partial charge in [0.2, 0.25) is 0 Å². The summed E-state index contributed by atoms with van der Waals surface area (Å²) in [5.41, 5.74) is 1.56. The molecule has 1 aliphatic carbocycles. The monoisotopic (exact) mass is 286 g/mol. The minimum atomic E-state index is 0.512. The third kappa shape index (κ3) is 2.72. The van der Waals surface area contributed by atoms with Crippen LogP contribution in [0.4, 0.5) is 0 Å². The summed E-state index contributed by atoms with van der Waals surface area (Å²) < 4.78 is 0. The first-order valence-electron chi connectivity index (χ1n) is 5.23. The molecule has 0 spiro atoms. The molecule has 0 aliphatic heterocycles. The van der Waals surface area contributed by atoms with Crippen LogP contribution in [-0.4, -0.2) is 21.1 Å². The third-order valence-corrected chi connectivity index (χ3v) is 5.38. The van der Waals surface area contributed by atoms with Crippen LogP contribution in [0.25, 0.3) is 0 Å². The van der Waals surface area contributed by atoms with Crippen molar-refractivity contribution in [3.63, 3.8) is 0 Å². The minimum absolute atomic E-state index is 0.512. The Morgan fingerprint density at radius 3 is 2.87 bits per heavy atom. The van der Waals surface area contributed by atoms with Crippen molar-refractivity contribution in [2.75, 3.05) is 11.1 Å². The van der Waals surface area contributed by atoms with E-state index >= 15 is 0 Å². The zero-order valence-corrected chi connectivity index (χ0v) is 11.3. The summed E-state index contributed by atoms with van der Waals surface area (Å²) in [5.74, 6) is 1.14. The molecule has 0 bridgehead atoms. The maximum atomic E-state index is 4.41. The molecule has 0 N–H and O–H groups in total. The highest BCUT2D eigenvalue weighted by Gasteiger charge is 2.35. The summed E-state index contributed by atoms with van der Waals surface area (Å²) in [6.07, 6.45) is 5.90. The van der Waals surface area contributed by atoms with E-state index in [2.05, 4.69) is 25.9 Å². The molecule has 0 unspecified atom stereocenters. The lowest BCUT2D eigenvalue weighted by Crippen LogP contribution is -2.33. The number of rotatable bonds is 4. The average molecular weight is 287 g/mol. The van der Waals surface area contributed by atoms with Gasteiger partial charge in [-0.05, 0) is 31.2 Å². The Labute approximate surface area is 103 Å². The lowest BCUT2D eigenvalue weighted by molar-refractivity contribution is 0.206. The van der Waals surface area contributed by atoms with Crippen LogP contribution in [0, 0.1) is 12.3 Å². The van der Waals surface area contributed by atoms with Gasteiger partial charge >= 0.3 is 0 Å². The van der Waals surface area contributed by atoms with E-state index < -0.39 is 0 Å². The zero-order valence-electron chi connectivity index (χ0n) is 8.87. The van der Waals surface area contributed by atoms with Crippen molar-refractivity contribution in [3.8, 4) is 0 Å². The fraction of sp³-hybridized carbons (Fsp3) is 0.636. The molecule has 0 saturated heterocycles. The van der Waals surface area contributed by atoms with Crippen LogP contribution in [-0.2, 0) is 0 Å². The minimum Gasteiger partial charge on any atom is -0.231 e. The lowest BCUT2D eigenvalue weighted by Gasteiger charge is -2.40. The van der Waals surface area contributed by atoms with Crippen LogP contribution < -0.4 is 0 Å². The van der Waals surface area contributed by atoms with Crippen LogP contribution in [0.1, 0.15) is 25.0 Å². The van der Waals surface area contributed by atoms with Crippen LogP contribution in [0.15, 0.2) is 17.4 Å². The number of alkyl halides is 1. The van der Waals surface area contributed by atoms with Crippen molar-refractivity contribution in [2.45, 2.75) is 31.3 Å². The van der Waals surface area contributed by atoms with Crippen molar-refractivity contribution in [3.05, 3.63) is 18.0 Å². The van der Waals surface area contributed by atoms with E-state index in [-0.39, 0.29) is 0 Å². The quantitative estimate of drug-likeness (QED) is 0.482. The Balaban J connectivity index is 1.92. The van der Waals surface area contributed by atoms with Crippen molar-refractivity contribution >= 4 is 27.7 Å². The summed E-state index contributed by atoms with van der Waals surface area (Å²) in [6, 6.07) is 1.94. The number of hydrogen-bond donors (Lipinski definition) is 0. The van der Waals surface area contributed by atoms with E-state index in [9.17, 15) is 0 Å². The normalized spacial score (nSPS) is 18.5. The van der Waals surface area contributed by atoms with Crippen molar-refractivity contribution in [2.24, 2.45) is 5.41 Å². The van der Waals surface area contributed by atoms with Gasteiger partial charge in [-0.2, -0.15) is 0 Å². The highest BCUT2D eigenvalue weighted by molar-refractivity contribution is 9.09. The standard InChI is InChI=1S/C11H15BrN2S/c1-9-3-6-13-10(14-9)15-8-11(7-12)4-2-5-11/h3,6H,2,4-5,7-8H2,1H3. The molecule has 0 aromatic carbocycles. The number of nitrogens with zero attached hydrogens (tertiary/aromatic N) is 2. The SMILES string of the molecule is Cc1ccnc(SCC2(CBr)CCC2)n1. The third-order valence-electron chi connectivity index (χ3n) is 2.98. The molecule has 1 aliphatic rings. The molecule has 1 fully saturated rings. The largest absolute Gasteiger partial charge is 0.231 e. The molecular weight excluding hydrogens is 272 g/mol. The smallest absolute Gasteiger partial charge is 0.187 e. The Morgan fingerprint density at radius 2 is 2.33 bits per heavy atom. The first-order chi connectivity index (χ1) is 7.24. The van der Waals surface area contributed by atoms with Gasteiger partial charge in [-0.3, -0.25) is 0 Å². The van der Waals surface area contributed by atoms with Gasteiger partial charge in [-0.25, -0.2) is 9.97 Å². The number of thioether (sulfide) groups is 1. The first kappa shape index (κ1) is 11.4. The molecule has 2 rings (SSSR count). The summed E-state index contributed by atoms with van der Waals surface area (Å²) >= 11 is 5.41. The maximum absolute atomic E-state index is 4.41. The topological polar surface area (TPSA) is 25.8 Å². The van der Waals surface area contributed by atoms with Crippen molar-refractivity contribution < 1.29 is 0 Å². The van der Waals surface area contributed by atoms with Gasteiger partial charge in [0.05, 0.1) is 0 Å². The van der Waals surface area contributed by atoms with Crippen molar-refractivity contribution in [1.29, 1.82) is 0 Å². The van der Waals surface area contributed by atoms with Gasteiger partial charge in [0.15, 0.2) is 5.16 Å². The molecule has 1 aromatic rings. The molecular formula is C11H15BrN2S. The summed E-state index contributed by atoms with van der Waals surface area (Å²) in [7, 11) is 0. The Morgan fingerprint density at radius 1 is 1.53 bits per heavy atom. The summed E-state index contributed by atoms with van der Waals surface area (Å²) in [4.78, 5) is 8.68. The second kappa shape index (κ2) is 4.83. The second-order valence-corrected chi connectivity index (χ2v) is 5.76. The van der Waals surface area contributed by atoms with E-state index in [1.165, 1.54) is 19.3 Å². The summed E-state index contributed by atoms with van der Waals surface area (Å²) in [5, 5.41) is 2.03. The predicted molar refractivity (Wildman–Crippen MR) is 67.6 cm³/mol. The molecule has 1 aromatic heterocycles. The Bertz CT molecular complexity index is 334. The maximum Gasteiger partial charge on any atom is 0.187 e. The fourth-order valence-electron chi connectivity index (χ4n) is 1.71. The highest BCUT2D eigenvalue weighted by Crippen LogP contribution is 2.45. The molecule has 0 radical (unpaired) electrons. The fourth-order valence-corrected chi connectivity index (χ4v) is 3.90. The van der Waals surface area contributed by atoms with Gasteiger partial charge in [0, 0.05) is 23.0 Å². The average Bonchev–Trinajstić information content (AvgIpc) is 2.17. The molecule has 1 saturated carbocycles. The van der Waals surface area contributed by atoms with E-state index in [0.29, 0.717) is 5.41 Å². The molecule has 82 valence electrons. The molecule has 4 heteroatoms. The van der Waals surface area contributed by atoms with Crippen LogP contribution in [0.5, 0.6) is 0 Å². The molecule has 0 amide bonds. The lowest BCUT2D eigenvalue weighted by atomic mass is 9.72. The number of aromatic nitrogens is 2. The molecule has 2 nitrogen and oxygen atoms in total. The van der Waals surface area contributed by atoms with Crippen LogP contribution in [0.3, 0.4) is 0 Å². The van der Waals surface area contributed by atoms with Crippen LogP contribution in [0.2, 0.25) is 0 Å². The number of aryl methyl sites for hydroxylation is 1. The van der Waals surface area contributed by atoms with E-state index in [1.54, 1.807) is 11.8 Å². The Kier molecular flexibility index (Phi) is 3.67. The van der Waals surface area contributed by atoms with E-state index in [0.717, 1.165) is 21.9 Å². The zero-order chi connectivity index (χ0) is 10.7. The Hall–Kier alpha value is -0.0900. The van der Waals surface area contributed by atoms with Crippen molar-refractivity contribution in [1.82, 2.24) is 9.97 Å². The molecule has 15 heavy (non-hydrogen) atoms. The molecule has 0 atom stereocenters. The predicted octanol–water partition coefficient (Wildman–Crippen LogP) is 3.44. The number of hydrogen-bond acceptors (Lipinski definition) is 3. The van der Waals surface area contributed by atoms with Gasteiger partial charge in [-0.1, -0.05) is 34.1 Å². The molecule has 1 heterocycles. The number of halogens is 1. The van der Waals surface area contributed by atoms with Gasteiger partial charge < -0.3 is 0 Å².